The summed E-state index contributed by atoms with van der Waals surface area (Å²) < 4.78 is 38.2. The number of sulfonamides is 1. The van der Waals surface area contributed by atoms with Crippen molar-refractivity contribution >= 4 is 68.8 Å². The largest absolute Gasteiger partial charge is 0.444 e. The van der Waals surface area contributed by atoms with Crippen molar-refractivity contribution in [1.82, 2.24) is 20.3 Å². The molecule has 5 atom stereocenters. The van der Waals surface area contributed by atoms with E-state index in [9.17, 15) is 32.4 Å². The first-order chi connectivity index (χ1) is 22.6. The van der Waals surface area contributed by atoms with Crippen LogP contribution in [0.2, 0.25) is 10.0 Å². The summed E-state index contributed by atoms with van der Waals surface area (Å²) in [5.74, 6) is -2.95. The van der Waals surface area contributed by atoms with E-state index in [-0.39, 0.29) is 35.1 Å². The third-order valence-corrected chi connectivity index (χ3v) is 10.8. The first-order valence-electron chi connectivity index (χ1n) is 15.8. The minimum absolute atomic E-state index is 0.0840. The minimum Gasteiger partial charge on any atom is -0.444 e. The topological polar surface area (TPSA) is 189 Å². The summed E-state index contributed by atoms with van der Waals surface area (Å²) in [5.41, 5.74) is -3.26. The van der Waals surface area contributed by atoms with Crippen LogP contribution >= 0.6 is 23.2 Å². The summed E-state index contributed by atoms with van der Waals surface area (Å²) in [5, 5.41) is 7.39. The first kappa shape index (κ1) is 38.2. The van der Waals surface area contributed by atoms with Crippen LogP contribution in [0.25, 0.3) is 0 Å². The van der Waals surface area contributed by atoms with E-state index in [0.717, 1.165) is 0 Å². The number of amides is 5. The minimum atomic E-state index is -3.93. The van der Waals surface area contributed by atoms with Gasteiger partial charge in [-0.1, -0.05) is 56.1 Å². The number of para-hydroxylation sites is 1. The second-order valence-corrected chi connectivity index (χ2v) is 17.4. The summed E-state index contributed by atoms with van der Waals surface area (Å²) in [6, 6.07) is 2.12. The normalized spacial score (nSPS) is 24.2. The van der Waals surface area contributed by atoms with Crippen molar-refractivity contribution in [3.05, 3.63) is 40.9 Å². The fourth-order valence-electron chi connectivity index (χ4n) is 5.53. The fraction of sp³-hybridized carbons (Fsp3) is 0.594. The zero-order valence-electron chi connectivity index (χ0n) is 28.2. The van der Waals surface area contributed by atoms with Crippen molar-refractivity contribution in [3.8, 4) is 0 Å². The van der Waals surface area contributed by atoms with Crippen molar-refractivity contribution in [1.29, 1.82) is 0 Å². The van der Waals surface area contributed by atoms with Crippen molar-refractivity contribution in [3.63, 3.8) is 0 Å². The van der Waals surface area contributed by atoms with Gasteiger partial charge in [-0.05, 0) is 57.6 Å². The number of anilines is 1. The van der Waals surface area contributed by atoms with Crippen molar-refractivity contribution < 1.29 is 41.9 Å². The number of hydrogen-bond acceptors (Lipinski definition) is 9. The molecule has 0 radical (unpaired) electrons. The van der Waals surface area contributed by atoms with E-state index in [0.29, 0.717) is 12.8 Å². The molecule has 0 aromatic heterocycles. The van der Waals surface area contributed by atoms with Crippen LogP contribution in [0.5, 0.6) is 0 Å². The van der Waals surface area contributed by atoms with Crippen LogP contribution in [0.4, 0.5) is 15.3 Å². The number of alkyl carbamates (subject to hydrolysis) is 1. The standard InChI is InChI=1S/C32H43Cl2N5O9S/c1-8-17-15-32(17,27(42)38-49(45,46)19-12-13-19)37-25(40)22-14-18(47-28(43)35-23-20(33)10-9-11-21(23)34)16-39(22)26(41)24(30(2,3)4)36-29(44)48-31(5,6)7/h8-11,17-19,22,24H,1,12-16H2,2-7H3,(H,35,43)(H,36,44)(H,37,40)(H,38,42). The molecule has 14 nitrogen and oxygen atoms in total. The van der Waals surface area contributed by atoms with Gasteiger partial charge < -0.3 is 25.0 Å². The number of carbonyl (C=O) groups is 5. The Labute approximate surface area is 296 Å². The van der Waals surface area contributed by atoms with Gasteiger partial charge in [-0.2, -0.15) is 0 Å². The molecule has 0 spiro atoms. The molecule has 0 bridgehead atoms. The molecule has 2 saturated carbocycles. The lowest BCUT2D eigenvalue weighted by Crippen LogP contribution is -2.60. The number of rotatable bonds is 10. The summed E-state index contributed by atoms with van der Waals surface area (Å²) >= 11 is 12.3. The van der Waals surface area contributed by atoms with Crippen LogP contribution in [-0.4, -0.2) is 84.3 Å². The number of carbonyl (C=O) groups excluding carboxylic acids is 5. The van der Waals surface area contributed by atoms with Crippen LogP contribution in [-0.2, 0) is 33.9 Å². The van der Waals surface area contributed by atoms with E-state index < -0.39 is 85.8 Å². The van der Waals surface area contributed by atoms with Crippen LogP contribution in [0, 0.1) is 11.3 Å². The predicted molar refractivity (Wildman–Crippen MR) is 182 cm³/mol. The Bertz CT molecular complexity index is 1620. The van der Waals surface area contributed by atoms with E-state index in [1.807, 2.05) is 0 Å². The van der Waals surface area contributed by atoms with Gasteiger partial charge in [0.1, 0.15) is 29.3 Å². The lowest BCUT2D eigenvalue weighted by atomic mass is 9.85. The van der Waals surface area contributed by atoms with Crippen LogP contribution in [0.15, 0.2) is 30.9 Å². The van der Waals surface area contributed by atoms with E-state index in [1.54, 1.807) is 47.6 Å². The van der Waals surface area contributed by atoms with Gasteiger partial charge in [0.2, 0.25) is 21.8 Å². The third kappa shape index (κ3) is 9.17. The molecular weight excluding hydrogens is 701 g/mol. The van der Waals surface area contributed by atoms with Gasteiger partial charge in [-0.25, -0.2) is 18.0 Å². The Kier molecular flexibility index (Phi) is 10.9. The monoisotopic (exact) mass is 743 g/mol. The average molecular weight is 745 g/mol. The molecule has 49 heavy (non-hydrogen) atoms. The molecule has 1 aromatic rings. The first-order valence-corrected chi connectivity index (χ1v) is 18.1. The van der Waals surface area contributed by atoms with Gasteiger partial charge in [0.05, 0.1) is 27.5 Å². The Hall–Kier alpha value is -3.56. The van der Waals surface area contributed by atoms with Crippen molar-refractivity contribution in [2.24, 2.45) is 11.3 Å². The van der Waals surface area contributed by atoms with Gasteiger partial charge in [0.25, 0.3) is 5.91 Å². The van der Waals surface area contributed by atoms with Gasteiger partial charge >= 0.3 is 12.2 Å². The molecule has 4 rings (SSSR count). The molecule has 5 unspecified atom stereocenters. The smallest absolute Gasteiger partial charge is 0.412 e. The average Bonchev–Trinajstić information content (AvgIpc) is 3.89. The van der Waals surface area contributed by atoms with Gasteiger partial charge in [-0.3, -0.25) is 24.4 Å². The molecule has 1 aromatic carbocycles. The number of nitrogens with one attached hydrogen (secondary N) is 4. The van der Waals surface area contributed by atoms with E-state index in [4.69, 9.17) is 32.7 Å². The predicted octanol–water partition coefficient (Wildman–Crippen LogP) is 4.12. The molecule has 1 aliphatic heterocycles. The number of likely N-dealkylation sites (tertiary alicyclic amines) is 1. The molecule has 5 amide bonds. The molecule has 17 heteroatoms. The van der Waals surface area contributed by atoms with Gasteiger partial charge in [0, 0.05) is 12.3 Å². The Morgan fingerprint density at radius 3 is 2.16 bits per heavy atom. The Morgan fingerprint density at radius 1 is 1.04 bits per heavy atom. The molecule has 270 valence electrons. The quantitative estimate of drug-likeness (QED) is 0.256. The SMILES string of the molecule is C=CC1CC1(NC(=O)C1CC(OC(=O)Nc2c(Cl)cccc2Cl)CN1C(=O)C(NC(=O)OC(C)(C)C)C(C)(C)C)C(=O)NS(=O)(=O)C1CC1. The second kappa shape index (κ2) is 14.0. The fourth-order valence-corrected chi connectivity index (χ4v) is 7.39. The molecular formula is C32H43Cl2N5O9S. The number of ether oxygens (including phenoxy) is 2. The number of halogens is 2. The maximum absolute atomic E-state index is 14.2. The zero-order valence-corrected chi connectivity index (χ0v) is 30.6. The van der Waals surface area contributed by atoms with Crippen LogP contribution < -0.4 is 20.7 Å². The molecule has 1 heterocycles. The highest BCUT2D eigenvalue weighted by molar-refractivity contribution is 7.91. The summed E-state index contributed by atoms with van der Waals surface area (Å²) in [4.78, 5) is 68.5. The van der Waals surface area contributed by atoms with Crippen LogP contribution in [0.1, 0.15) is 67.2 Å². The highest BCUT2D eigenvalue weighted by Gasteiger charge is 2.62. The Balaban J connectivity index is 1.60. The summed E-state index contributed by atoms with van der Waals surface area (Å²) in [7, 11) is -3.93. The number of nitrogens with zero attached hydrogens (tertiary/aromatic N) is 1. The molecule has 1 saturated heterocycles. The zero-order chi connectivity index (χ0) is 36.7. The van der Waals surface area contributed by atoms with Crippen LogP contribution in [0.3, 0.4) is 0 Å². The summed E-state index contributed by atoms with van der Waals surface area (Å²) in [6.07, 6.45) is -0.657. The maximum atomic E-state index is 14.2. The molecule has 4 N–H and O–H groups in total. The highest BCUT2D eigenvalue weighted by Crippen LogP contribution is 2.45. The Morgan fingerprint density at radius 2 is 1.65 bits per heavy atom. The number of benzene rings is 1. The lowest BCUT2D eigenvalue weighted by molar-refractivity contribution is -0.143. The van der Waals surface area contributed by atoms with E-state index >= 15 is 0 Å². The van der Waals surface area contributed by atoms with Gasteiger partial charge in [0.15, 0.2) is 0 Å². The highest BCUT2D eigenvalue weighted by atomic mass is 35.5. The molecule has 2 aliphatic carbocycles. The molecule has 3 fully saturated rings. The van der Waals surface area contributed by atoms with E-state index in [2.05, 4.69) is 27.3 Å². The molecule has 3 aliphatic rings. The maximum Gasteiger partial charge on any atom is 0.412 e. The van der Waals surface area contributed by atoms with Crippen molar-refractivity contribution in [2.75, 3.05) is 11.9 Å². The van der Waals surface area contributed by atoms with E-state index in [1.165, 1.54) is 23.1 Å². The summed E-state index contributed by atoms with van der Waals surface area (Å²) in [6.45, 7) is 13.6. The number of hydrogen-bond donors (Lipinski definition) is 4. The van der Waals surface area contributed by atoms with Crippen molar-refractivity contribution in [2.45, 2.75) is 102 Å². The van der Waals surface area contributed by atoms with Gasteiger partial charge in [-0.15, -0.1) is 6.58 Å². The lowest BCUT2D eigenvalue weighted by Gasteiger charge is -2.36. The third-order valence-electron chi connectivity index (χ3n) is 8.33. The second-order valence-electron chi connectivity index (χ2n) is 14.6.